The average Bonchev–Trinajstić information content (AvgIpc) is 2.54. The van der Waals surface area contributed by atoms with Crippen LogP contribution < -0.4 is 14.8 Å². The Balaban J connectivity index is 2.09. The Labute approximate surface area is 136 Å². The summed E-state index contributed by atoms with van der Waals surface area (Å²) < 4.78 is 11.2. The molecule has 0 unspecified atom stereocenters. The highest BCUT2D eigenvalue weighted by molar-refractivity contribution is 6.30. The summed E-state index contributed by atoms with van der Waals surface area (Å²) >= 11 is 6.16. The van der Waals surface area contributed by atoms with Crippen molar-refractivity contribution in [3.63, 3.8) is 0 Å². The van der Waals surface area contributed by atoms with E-state index in [4.69, 9.17) is 21.1 Å². The van der Waals surface area contributed by atoms with E-state index in [9.17, 15) is 0 Å². The zero-order chi connectivity index (χ0) is 15.8. The Morgan fingerprint density at radius 1 is 1.18 bits per heavy atom. The molecule has 0 aliphatic heterocycles. The predicted molar refractivity (Wildman–Crippen MR) is 88.6 cm³/mol. The van der Waals surface area contributed by atoms with Crippen molar-refractivity contribution in [2.75, 3.05) is 13.7 Å². The van der Waals surface area contributed by atoms with Gasteiger partial charge in [0.2, 0.25) is 0 Å². The van der Waals surface area contributed by atoms with Crippen LogP contribution in [0, 0.1) is 0 Å². The van der Waals surface area contributed by atoms with E-state index in [2.05, 4.69) is 17.2 Å². The lowest BCUT2D eigenvalue weighted by molar-refractivity contribution is 0.290. The Kier molecular flexibility index (Phi) is 6.49. The van der Waals surface area contributed by atoms with Gasteiger partial charge in [-0.15, -0.1) is 0 Å². The summed E-state index contributed by atoms with van der Waals surface area (Å²) in [5.41, 5.74) is 2.17. The first-order valence-electron chi connectivity index (χ1n) is 7.33. The molecule has 0 bridgehead atoms. The van der Waals surface area contributed by atoms with Crippen molar-refractivity contribution in [1.82, 2.24) is 10.3 Å². The molecular weight excluding hydrogens is 300 g/mol. The molecule has 0 radical (unpaired) electrons. The molecule has 0 spiro atoms. The van der Waals surface area contributed by atoms with Crippen molar-refractivity contribution >= 4 is 11.6 Å². The third kappa shape index (κ3) is 4.61. The third-order valence-electron chi connectivity index (χ3n) is 3.16. The number of pyridine rings is 1. The molecule has 0 aliphatic carbocycles. The normalized spacial score (nSPS) is 10.5. The molecule has 4 nitrogen and oxygen atoms in total. The largest absolute Gasteiger partial charge is 0.493 e. The maximum Gasteiger partial charge on any atom is 0.165 e. The van der Waals surface area contributed by atoms with Gasteiger partial charge in [-0.05, 0) is 30.2 Å². The Hall–Kier alpha value is -1.78. The maximum atomic E-state index is 6.16. The van der Waals surface area contributed by atoms with Gasteiger partial charge in [0, 0.05) is 42.1 Å². The van der Waals surface area contributed by atoms with E-state index >= 15 is 0 Å². The standard InChI is InChI=1S/C17H21ClN2O2/c1-3-8-22-17-14(9-15(18)10-16(17)21-2)12-20-11-13-4-6-19-7-5-13/h4-7,9-10,20H,3,8,11-12H2,1-2H3. The number of methoxy groups -OCH3 is 1. The van der Waals surface area contributed by atoms with Crippen LogP contribution in [-0.2, 0) is 13.1 Å². The van der Waals surface area contributed by atoms with Crippen LogP contribution in [0.3, 0.4) is 0 Å². The fourth-order valence-electron chi connectivity index (χ4n) is 2.12. The van der Waals surface area contributed by atoms with Crippen LogP contribution in [0.1, 0.15) is 24.5 Å². The van der Waals surface area contributed by atoms with E-state index in [1.165, 1.54) is 5.56 Å². The second-order valence-electron chi connectivity index (χ2n) is 4.90. The summed E-state index contributed by atoms with van der Waals surface area (Å²) in [6.45, 7) is 4.13. The lowest BCUT2D eigenvalue weighted by Crippen LogP contribution is -2.14. The summed E-state index contributed by atoms with van der Waals surface area (Å²) in [6, 6.07) is 7.66. The number of ether oxygens (including phenoxy) is 2. The van der Waals surface area contributed by atoms with Crippen molar-refractivity contribution in [2.45, 2.75) is 26.4 Å². The number of nitrogens with one attached hydrogen (secondary N) is 1. The van der Waals surface area contributed by atoms with Crippen LogP contribution in [-0.4, -0.2) is 18.7 Å². The van der Waals surface area contributed by atoms with E-state index in [1.54, 1.807) is 25.6 Å². The van der Waals surface area contributed by atoms with Gasteiger partial charge in [-0.25, -0.2) is 0 Å². The van der Waals surface area contributed by atoms with Crippen LogP contribution in [0.15, 0.2) is 36.7 Å². The highest BCUT2D eigenvalue weighted by Gasteiger charge is 2.12. The number of nitrogens with zero attached hydrogens (tertiary/aromatic N) is 1. The van der Waals surface area contributed by atoms with Crippen molar-refractivity contribution in [3.05, 3.63) is 52.8 Å². The van der Waals surface area contributed by atoms with Gasteiger partial charge in [0.15, 0.2) is 11.5 Å². The molecule has 0 saturated heterocycles. The minimum absolute atomic E-state index is 0.640. The predicted octanol–water partition coefficient (Wildman–Crippen LogP) is 3.82. The van der Waals surface area contributed by atoms with Crippen LogP contribution in [0.4, 0.5) is 0 Å². The third-order valence-corrected chi connectivity index (χ3v) is 3.38. The molecule has 2 aromatic rings. The van der Waals surface area contributed by atoms with Gasteiger partial charge in [-0.1, -0.05) is 18.5 Å². The first kappa shape index (κ1) is 16.6. The summed E-state index contributed by atoms with van der Waals surface area (Å²) in [6.07, 6.45) is 4.51. The maximum absolute atomic E-state index is 6.16. The summed E-state index contributed by atoms with van der Waals surface area (Å²) in [7, 11) is 1.62. The molecule has 5 heteroatoms. The van der Waals surface area contributed by atoms with E-state index in [-0.39, 0.29) is 0 Å². The smallest absolute Gasteiger partial charge is 0.165 e. The number of hydrogen-bond acceptors (Lipinski definition) is 4. The highest BCUT2D eigenvalue weighted by atomic mass is 35.5. The molecule has 1 heterocycles. The molecule has 0 saturated carbocycles. The topological polar surface area (TPSA) is 43.4 Å². The minimum atomic E-state index is 0.640. The van der Waals surface area contributed by atoms with Gasteiger partial charge in [0.05, 0.1) is 13.7 Å². The first-order valence-corrected chi connectivity index (χ1v) is 7.71. The number of benzene rings is 1. The lowest BCUT2D eigenvalue weighted by Gasteiger charge is -2.16. The summed E-state index contributed by atoms with van der Waals surface area (Å²) in [5, 5.41) is 4.03. The SMILES string of the molecule is CCCOc1c(CNCc2ccncc2)cc(Cl)cc1OC. The molecule has 0 aliphatic rings. The molecular formula is C17H21ClN2O2. The van der Waals surface area contributed by atoms with Crippen LogP contribution >= 0.6 is 11.6 Å². The van der Waals surface area contributed by atoms with Gasteiger partial charge in [0.25, 0.3) is 0 Å². The molecule has 2 rings (SSSR count). The Bertz CT molecular complexity index is 591. The molecule has 1 aromatic carbocycles. The molecule has 0 atom stereocenters. The van der Waals surface area contributed by atoms with Crippen molar-refractivity contribution in [2.24, 2.45) is 0 Å². The zero-order valence-corrected chi connectivity index (χ0v) is 13.7. The van der Waals surface area contributed by atoms with Crippen molar-refractivity contribution in [3.8, 4) is 11.5 Å². The van der Waals surface area contributed by atoms with Gasteiger partial charge >= 0.3 is 0 Å². The highest BCUT2D eigenvalue weighted by Crippen LogP contribution is 2.34. The van der Waals surface area contributed by atoms with E-state index in [0.29, 0.717) is 23.9 Å². The fourth-order valence-corrected chi connectivity index (χ4v) is 2.35. The van der Waals surface area contributed by atoms with Gasteiger partial charge in [-0.2, -0.15) is 0 Å². The van der Waals surface area contributed by atoms with Crippen molar-refractivity contribution in [1.29, 1.82) is 0 Å². The summed E-state index contributed by atoms with van der Waals surface area (Å²) in [5.74, 6) is 1.43. The molecule has 1 N–H and O–H groups in total. The second-order valence-corrected chi connectivity index (χ2v) is 5.34. The number of halogens is 1. The molecule has 22 heavy (non-hydrogen) atoms. The number of hydrogen-bond donors (Lipinski definition) is 1. The molecule has 0 amide bonds. The van der Waals surface area contributed by atoms with E-state index in [1.807, 2.05) is 18.2 Å². The fraction of sp³-hybridized carbons (Fsp3) is 0.353. The van der Waals surface area contributed by atoms with Crippen molar-refractivity contribution < 1.29 is 9.47 Å². The van der Waals surface area contributed by atoms with Gasteiger partial charge in [-0.3, -0.25) is 4.98 Å². The molecule has 118 valence electrons. The first-order chi connectivity index (χ1) is 10.7. The second kappa shape index (κ2) is 8.61. The van der Waals surface area contributed by atoms with Gasteiger partial charge in [0.1, 0.15) is 0 Å². The van der Waals surface area contributed by atoms with Crippen LogP contribution in [0.25, 0.3) is 0 Å². The zero-order valence-electron chi connectivity index (χ0n) is 12.9. The Morgan fingerprint density at radius 3 is 2.64 bits per heavy atom. The average molecular weight is 321 g/mol. The Morgan fingerprint density at radius 2 is 1.95 bits per heavy atom. The quantitative estimate of drug-likeness (QED) is 0.803. The lowest BCUT2D eigenvalue weighted by atomic mass is 10.1. The number of aromatic nitrogens is 1. The summed E-state index contributed by atoms with van der Waals surface area (Å²) in [4.78, 5) is 4.01. The van der Waals surface area contributed by atoms with Crippen LogP contribution in [0.5, 0.6) is 11.5 Å². The van der Waals surface area contributed by atoms with E-state index < -0.39 is 0 Å². The number of rotatable bonds is 8. The monoisotopic (exact) mass is 320 g/mol. The van der Waals surface area contributed by atoms with Crippen LogP contribution in [0.2, 0.25) is 5.02 Å². The van der Waals surface area contributed by atoms with Gasteiger partial charge < -0.3 is 14.8 Å². The minimum Gasteiger partial charge on any atom is -0.493 e. The molecule has 1 aromatic heterocycles. The van der Waals surface area contributed by atoms with E-state index in [0.717, 1.165) is 24.3 Å². The molecule has 0 fully saturated rings.